The lowest BCUT2D eigenvalue weighted by Gasteiger charge is -1.98. The van der Waals surface area contributed by atoms with E-state index in [0.717, 1.165) is 16.1 Å². The van der Waals surface area contributed by atoms with Crippen LogP contribution in [0.2, 0.25) is 0 Å². The Hall–Kier alpha value is -3.24. The molecule has 0 bridgehead atoms. The maximum absolute atomic E-state index is 12.8. The zero-order valence-electron chi connectivity index (χ0n) is 13.9. The molecule has 4 aromatic rings. The molecule has 0 amide bonds. The molecule has 3 nitrogen and oxygen atoms in total. The Bertz CT molecular complexity index is 1030. The molecule has 0 unspecified atom stereocenters. The second-order valence-electron chi connectivity index (χ2n) is 5.76. The fourth-order valence-corrected chi connectivity index (χ4v) is 3.41. The quantitative estimate of drug-likeness (QED) is 0.350. The molecule has 0 saturated carbocycles. The Morgan fingerprint density at radius 3 is 2.35 bits per heavy atom. The van der Waals surface area contributed by atoms with Gasteiger partial charge in [-0.2, -0.15) is 5.10 Å². The van der Waals surface area contributed by atoms with Crippen LogP contribution in [0.25, 0.3) is 22.3 Å². The molecule has 0 aliphatic heterocycles. The molecule has 0 saturated heterocycles. The minimum Gasteiger partial charge on any atom is -0.289 e. The zero-order chi connectivity index (χ0) is 17.8. The molecule has 0 aliphatic carbocycles. The number of rotatable bonds is 5. The third kappa shape index (κ3) is 3.41. The molecule has 4 heteroatoms. The van der Waals surface area contributed by atoms with Gasteiger partial charge in [0.2, 0.25) is 0 Å². The molecule has 2 aromatic carbocycles. The molecular formula is C22H16N2OS. The zero-order valence-corrected chi connectivity index (χ0v) is 14.8. The van der Waals surface area contributed by atoms with Gasteiger partial charge in [-0.1, -0.05) is 60.7 Å². The van der Waals surface area contributed by atoms with Gasteiger partial charge in [0.15, 0.2) is 5.78 Å². The van der Waals surface area contributed by atoms with Crippen LogP contribution in [-0.2, 0) is 0 Å². The summed E-state index contributed by atoms with van der Waals surface area (Å²) in [5.74, 6) is -0.0561. The van der Waals surface area contributed by atoms with Crippen molar-refractivity contribution in [3.8, 4) is 16.3 Å². The molecule has 26 heavy (non-hydrogen) atoms. The smallest absolute Gasteiger partial charge is 0.189 e. The average Bonchev–Trinajstić information content (AvgIpc) is 3.37. The highest BCUT2D eigenvalue weighted by Gasteiger charge is 2.17. The van der Waals surface area contributed by atoms with Gasteiger partial charge in [0.25, 0.3) is 0 Å². The number of allylic oxidation sites excluding steroid dienone is 1. The Balaban J connectivity index is 1.73. The predicted molar refractivity (Wildman–Crippen MR) is 107 cm³/mol. The van der Waals surface area contributed by atoms with Gasteiger partial charge in [-0.25, -0.2) is 4.68 Å². The lowest BCUT2D eigenvalue weighted by atomic mass is 10.1. The fourth-order valence-electron chi connectivity index (χ4n) is 2.69. The van der Waals surface area contributed by atoms with Crippen LogP contribution in [0.15, 0.2) is 90.4 Å². The van der Waals surface area contributed by atoms with Gasteiger partial charge < -0.3 is 0 Å². The van der Waals surface area contributed by atoms with E-state index in [2.05, 4.69) is 5.10 Å². The Labute approximate surface area is 155 Å². The average molecular weight is 356 g/mol. The van der Waals surface area contributed by atoms with Crippen molar-refractivity contribution in [3.05, 3.63) is 102 Å². The van der Waals surface area contributed by atoms with Crippen LogP contribution in [0, 0.1) is 0 Å². The van der Waals surface area contributed by atoms with Crippen molar-refractivity contribution in [1.82, 2.24) is 9.78 Å². The van der Waals surface area contributed by atoms with Gasteiger partial charge in [-0.05, 0) is 35.2 Å². The van der Waals surface area contributed by atoms with Crippen LogP contribution in [0.5, 0.6) is 0 Å². The number of nitrogens with zero attached hydrogens (tertiary/aromatic N) is 2. The summed E-state index contributed by atoms with van der Waals surface area (Å²) < 4.78 is 1.76. The Morgan fingerprint density at radius 1 is 0.923 bits per heavy atom. The van der Waals surface area contributed by atoms with Gasteiger partial charge >= 0.3 is 0 Å². The van der Waals surface area contributed by atoms with E-state index in [9.17, 15) is 4.79 Å². The first-order valence-electron chi connectivity index (χ1n) is 8.28. The predicted octanol–water partition coefficient (Wildman–Crippen LogP) is 5.50. The summed E-state index contributed by atoms with van der Waals surface area (Å²) in [6, 6.07) is 23.6. The standard InChI is InChI=1S/C22H16N2OS/c25-20(14-13-17-8-3-1-4-9-17)19-16-24(18-10-5-2-6-11-18)23-22(19)21-12-7-15-26-21/h1-16H. The maximum Gasteiger partial charge on any atom is 0.189 e. The molecule has 4 rings (SSSR count). The summed E-state index contributed by atoms with van der Waals surface area (Å²) in [5, 5.41) is 6.66. The van der Waals surface area contributed by atoms with Crippen molar-refractivity contribution in [3.63, 3.8) is 0 Å². The third-order valence-electron chi connectivity index (χ3n) is 3.98. The number of thiophene rings is 1. The molecular weight excluding hydrogens is 340 g/mol. The molecule has 0 radical (unpaired) electrons. The molecule has 0 aliphatic rings. The van der Waals surface area contributed by atoms with Gasteiger partial charge in [-0.3, -0.25) is 4.79 Å². The van der Waals surface area contributed by atoms with Crippen molar-refractivity contribution in [2.45, 2.75) is 0 Å². The van der Waals surface area contributed by atoms with Gasteiger partial charge in [-0.15, -0.1) is 11.3 Å². The number of carbonyl (C=O) groups excluding carboxylic acids is 1. The van der Waals surface area contributed by atoms with E-state index >= 15 is 0 Å². The topological polar surface area (TPSA) is 34.9 Å². The summed E-state index contributed by atoms with van der Waals surface area (Å²) >= 11 is 1.58. The minimum atomic E-state index is -0.0561. The monoisotopic (exact) mass is 356 g/mol. The van der Waals surface area contributed by atoms with Crippen LogP contribution < -0.4 is 0 Å². The lowest BCUT2D eigenvalue weighted by Crippen LogP contribution is -1.94. The van der Waals surface area contributed by atoms with Crippen LogP contribution in [0.3, 0.4) is 0 Å². The molecule has 0 N–H and O–H groups in total. The summed E-state index contributed by atoms with van der Waals surface area (Å²) in [7, 11) is 0. The van der Waals surface area contributed by atoms with Crippen molar-refractivity contribution in [1.29, 1.82) is 0 Å². The van der Waals surface area contributed by atoms with E-state index in [1.54, 1.807) is 22.1 Å². The number of ketones is 1. The van der Waals surface area contributed by atoms with E-state index in [4.69, 9.17) is 0 Å². The first-order chi connectivity index (χ1) is 12.8. The number of hydrogen-bond acceptors (Lipinski definition) is 3. The summed E-state index contributed by atoms with van der Waals surface area (Å²) in [6.07, 6.45) is 5.25. The summed E-state index contributed by atoms with van der Waals surface area (Å²) in [6.45, 7) is 0. The van der Waals surface area contributed by atoms with Crippen LogP contribution in [0.1, 0.15) is 15.9 Å². The van der Waals surface area contributed by atoms with E-state index in [-0.39, 0.29) is 5.78 Å². The van der Waals surface area contributed by atoms with Crippen LogP contribution >= 0.6 is 11.3 Å². The second-order valence-corrected chi connectivity index (χ2v) is 6.70. The Morgan fingerprint density at radius 2 is 1.65 bits per heavy atom. The Kier molecular flexibility index (Phi) is 4.58. The lowest BCUT2D eigenvalue weighted by molar-refractivity contribution is 0.104. The van der Waals surface area contributed by atoms with Crippen molar-refractivity contribution < 1.29 is 4.79 Å². The largest absolute Gasteiger partial charge is 0.289 e. The van der Waals surface area contributed by atoms with Gasteiger partial charge in [0.05, 0.1) is 16.1 Å². The first-order valence-corrected chi connectivity index (χ1v) is 9.16. The number of hydrogen-bond donors (Lipinski definition) is 0. The number of para-hydroxylation sites is 1. The molecule has 2 aromatic heterocycles. The van der Waals surface area contributed by atoms with Crippen LogP contribution in [0.4, 0.5) is 0 Å². The van der Waals surface area contributed by atoms with E-state index in [1.165, 1.54) is 0 Å². The summed E-state index contributed by atoms with van der Waals surface area (Å²) in [5.41, 5.74) is 3.24. The van der Waals surface area contributed by atoms with E-state index < -0.39 is 0 Å². The highest BCUT2D eigenvalue weighted by Crippen LogP contribution is 2.28. The molecule has 2 heterocycles. The van der Waals surface area contributed by atoms with E-state index in [0.29, 0.717) is 11.3 Å². The maximum atomic E-state index is 12.8. The SMILES string of the molecule is O=C(C=Cc1ccccc1)c1cn(-c2ccccc2)nc1-c1cccs1. The number of aromatic nitrogens is 2. The van der Waals surface area contributed by atoms with Crippen LogP contribution in [-0.4, -0.2) is 15.6 Å². The molecule has 0 fully saturated rings. The molecule has 126 valence electrons. The molecule has 0 atom stereocenters. The fraction of sp³-hybridized carbons (Fsp3) is 0. The normalized spacial score (nSPS) is 11.1. The minimum absolute atomic E-state index is 0.0561. The number of benzene rings is 2. The van der Waals surface area contributed by atoms with Crippen molar-refractivity contribution >= 4 is 23.2 Å². The molecule has 0 spiro atoms. The third-order valence-corrected chi connectivity index (χ3v) is 4.86. The first kappa shape index (κ1) is 16.2. The van der Waals surface area contributed by atoms with Crippen molar-refractivity contribution in [2.75, 3.05) is 0 Å². The summed E-state index contributed by atoms with van der Waals surface area (Å²) in [4.78, 5) is 13.8. The number of carbonyl (C=O) groups is 1. The highest BCUT2D eigenvalue weighted by molar-refractivity contribution is 7.13. The highest BCUT2D eigenvalue weighted by atomic mass is 32.1. The van der Waals surface area contributed by atoms with Gasteiger partial charge in [0, 0.05) is 6.20 Å². The second kappa shape index (κ2) is 7.33. The van der Waals surface area contributed by atoms with E-state index in [1.807, 2.05) is 90.4 Å². The van der Waals surface area contributed by atoms with Gasteiger partial charge in [0.1, 0.15) is 5.69 Å². The van der Waals surface area contributed by atoms with Crippen molar-refractivity contribution in [2.24, 2.45) is 0 Å².